The van der Waals surface area contributed by atoms with Crippen molar-refractivity contribution in [2.24, 2.45) is 0 Å². The minimum atomic E-state index is 0.471. The van der Waals surface area contributed by atoms with Gasteiger partial charge in [-0.3, -0.25) is 0 Å². The third-order valence-electron chi connectivity index (χ3n) is 9.38. The molecule has 0 atom stereocenters. The number of nitriles is 2. The Bertz CT molecular complexity index is 2760. The van der Waals surface area contributed by atoms with Gasteiger partial charge in [0.1, 0.15) is 0 Å². The van der Waals surface area contributed by atoms with Gasteiger partial charge < -0.3 is 9.13 Å². The van der Waals surface area contributed by atoms with Crippen LogP contribution in [0.15, 0.2) is 158 Å². The zero-order valence-corrected chi connectivity index (χ0v) is 25.8. The molecule has 0 unspecified atom stereocenters. The molecule has 0 amide bonds. The number of benzene rings is 7. The van der Waals surface area contributed by atoms with Gasteiger partial charge in [-0.1, -0.05) is 84.9 Å². The molecule has 0 aliphatic carbocycles. The van der Waals surface area contributed by atoms with E-state index < -0.39 is 0 Å². The zero-order chi connectivity index (χ0) is 32.2. The molecule has 2 aromatic heterocycles. The fourth-order valence-corrected chi connectivity index (χ4v) is 7.34. The smallest absolute Gasteiger partial charge is 0.0998 e. The van der Waals surface area contributed by atoms with Gasteiger partial charge >= 0.3 is 0 Å². The summed E-state index contributed by atoms with van der Waals surface area (Å²) in [4.78, 5) is 0. The second-order valence-electron chi connectivity index (χ2n) is 12.0. The SMILES string of the molecule is N#Cc1cccc(C#N)c1-c1cc(-c2ccc3c(c2)c2ccccc2n3-c2ccccc2)cc2c3ccccc3n(-c3ccccc3)c12. The van der Waals surface area contributed by atoms with E-state index in [0.29, 0.717) is 16.7 Å². The van der Waals surface area contributed by atoms with E-state index in [0.717, 1.165) is 66.3 Å². The molecule has 9 rings (SSSR count). The molecule has 0 aliphatic rings. The van der Waals surface area contributed by atoms with Crippen molar-refractivity contribution >= 4 is 43.6 Å². The number of aromatic nitrogens is 2. The van der Waals surface area contributed by atoms with Crippen LogP contribution in [-0.4, -0.2) is 9.13 Å². The average Bonchev–Trinajstić information content (AvgIpc) is 3.67. The third kappa shape index (κ3) is 4.07. The van der Waals surface area contributed by atoms with Crippen LogP contribution in [0, 0.1) is 22.7 Å². The minimum absolute atomic E-state index is 0.471. The molecule has 4 nitrogen and oxygen atoms in total. The van der Waals surface area contributed by atoms with Gasteiger partial charge in [-0.15, -0.1) is 0 Å². The standard InChI is InChI=1S/C44H26N4/c45-27-30-12-11-13-31(28-46)43(30)39-26-32(25-38-36-19-8-10-21-41(36)48(44(38)39)34-16-5-2-6-17-34)29-22-23-42-37(24-29)35-18-7-9-20-40(35)47(42)33-14-3-1-4-15-33/h1-26H. The van der Waals surface area contributed by atoms with Gasteiger partial charge in [-0.2, -0.15) is 10.5 Å². The summed E-state index contributed by atoms with van der Waals surface area (Å²) >= 11 is 0. The first-order chi connectivity index (χ1) is 23.7. The fourth-order valence-electron chi connectivity index (χ4n) is 7.34. The summed E-state index contributed by atoms with van der Waals surface area (Å²) in [7, 11) is 0. The van der Waals surface area contributed by atoms with Gasteiger partial charge in [0.25, 0.3) is 0 Å². The molecule has 222 valence electrons. The van der Waals surface area contributed by atoms with Crippen molar-refractivity contribution < 1.29 is 0 Å². The molecule has 2 heterocycles. The van der Waals surface area contributed by atoms with Crippen LogP contribution in [0.1, 0.15) is 11.1 Å². The van der Waals surface area contributed by atoms with Crippen LogP contribution >= 0.6 is 0 Å². The molecular weight excluding hydrogens is 585 g/mol. The van der Waals surface area contributed by atoms with Gasteiger partial charge in [0.2, 0.25) is 0 Å². The number of hydrogen-bond acceptors (Lipinski definition) is 2. The lowest BCUT2D eigenvalue weighted by atomic mass is 9.90. The van der Waals surface area contributed by atoms with Crippen molar-refractivity contribution in [2.75, 3.05) is 0 Å². The van der Waals surface area contributed by atoms with E-state index in [4.69, 9.17) is 0 Å². The molecule has 0 radical (unpaired) electrons. The Labute approximate surface area is 277 Å². The molecule has 0 saturated heterocycles. The third-order valence-corrected chi connectivity index (χ3v) is 9.38. The second kappa shape index (κ2) is 10.9. The zero-order valence-electron chi connectivity index (χ0n) is 25.8. The topological polar surface area (TPSA) is 57.4 Å². The Kier molecular flexibility index (Phi) is 6.22. The number of rotatable bonds is 4. The molecule has 0 saturated carbocycles. The average molecular weight is 611 g/mol. The summed E-state index contributed by atoms with van der Waals surface area (Å²) in [6.45, 7) is 0. The Morgan fingerprint density at radius 1 is 0.396 bits per heavy atom. The van der Waals surface area contributed by atoms with E-state index in [-0.39, 0.29) is 0 Å². The van der Waals surface area contributed by atoms with Crippen molar-refractivity contribution in [1.29, 1.82) is 10.5 Å². The van der Waals surface area contributed by atoms with Crippen molar-refractivity contribution in [3.05, 3.63) is 169 Å². The first-order valence-electron chi connectivity index (χ1n) is 15.9. The van der Waals surface area contributed by atoms with Crippen LogP contribution in [0.5, 0.6) is 0 Å². The fraction of sp³-hybridized carbons (Fsp3) is 0. The summed E-state index contributed by atoms with van der Waals surface area (Å²) in [5.74, 6) is 0. The summed E-state index contributed by atoms with van der Waals surface area (Å²) in [5.41, 5.74) is 11.0. The summed E-state index contributed by atoms with van der Waals surface area (Å²) < 4.78 is 4.58. The van der Waals surface area contributed by atoms with Crippen LogP contribution in [-0.2, 0) is 0 Å². The molecule has 0 aliphatic heterocycles. The van der Waals surface area contributed by atoms with Crippen molar-refractivity contribution in [3.63, 3.8) is 0 Å². The van der Waals surface area contributed by atoms with Crippen LogP contribution in [0.2, 0.25) is 0 Å². The Hall–Kier alpha value is -6.88. The maximum Gasteiger partial charge on any atom is 0.0998 e. The highest BCUT2D eigenvalue weighted by molar-refractivity contribution is 6.16. The molecule has 0 spiro atoms. The van der Waals surface area contributed by atoms with Gasteiger partial charge in [-0.25, -0.2) is 0 Å². The lowest BCUT2D eigenvalue weighted by Gasteiger charge is -2.15. The highest BCUT2D eigenvalue weighted by atomic mass is 15.0. The largest absolute Gasteiger partial charge is 0.309 e. The van der Waals surface area contributed by atoms with E-state index in [1.54, 1.807) is 18.2 Å². The molecule has 0 fully saturated rings. The van der Waals surface area contributed by atoms with Crippen LogP contribution in [0.25, 0.3) is 77.2 Å². The van der Waals surface area contributed by atoms with E-state index in [1.165, 1.54) is 5.39 Å². The number of para-hydroxylation sites is 4. The van der Waals surface area contributed by atoms with Crippen LogP contribution in [0.3, 0.4) is 0 Å². The molecule has 0 bridgehead atoms. The van der Waals surface area contributed by atoms with E-state index in [9.17, 15) is 10.5 Å². The summed E-state index contributed by atoms with van der Waals surface area (Å²) in [5, 5.41) is 25.2. The maximum atomic E-state index is 10.3. The highest BCUT2D eigenvalue weighted by Gasteiger charge is 2.22. The van der Waals surface area contributed by atoms with Crippen LogP contribution in [0.4, 0.5) is 0 Å². The lowest BCUT2D eigenvalue weighted by Crippen LogP contribution is -1.98. The first-order valence-corrected chi connectivity index (χ1v) is 15.9. The van der Waals surface area contributed by atoms with Gasteiger partial charge in [-0.05, 0) is 83.9 Å². The number of nitrogens with zero attached hydrogens (tertiary/aromatic N) is 4. The quantitative estimate of drug-likeness (QED) is 0.199. The molecule has 0 N–H and O–H groups in total. The lowest BCUT2D eigenvalue weighted by molar-refractivity contribution is 1.18. The number of hydrogen-bond donors (Lipinski definition) is 0. The van der Waals surface area contributed by atoms with Gasteiger partial charge in [0.15, 0.2) is 0 Å². The minimum Gasteiger partial charge on any atom is -0.309 e. The monoisotopic (exact) mass is 610 g/mol. The number of fused-ring (bicyclic) bond motifs is 6. The predicted octanol–water partition coefficient (Wildman–Crippen LogP) is 11.0. The van der Waals surface area contributed by atoms with E-state index in [1.807, 2.05) is 24.3 Å². The first kappa shape index (κ1) is 27.4. The molecule has 7 aromatic carbocycles. The van der Waals surface area contributed by atoms with Crippen LogP contribution < -0.4 is 0 Å². The summed E-state index contributed by atoms with van der Waals surface area (Å²) in [6.07, 6.45) is 0. The van der Waals surface area contributed by atoms with E-state index in [2.05, 4.69) is 137 Å². The molecule has 48 heavy (non-hydrogen) atoms. The van der Waals surface area contributed by atoms with Gasteiger partial charge in [0, 0.05) is 44.0 Å². The van der Waals surface area contributed by atoms with Crippen molar-refractivity contribution in [3.8, 4) is 45.8 Å². The van der Waals surface area contributed by atoms with E-state index >= 15 is 0 Å². The van der Waals surface area contributed by atoms with Gasteiger partial charge in [0.05, 0.1) is 45.3 Å². The maximum absolute atomic E-state index is 10.3. The predicted molar refractivity (Wildman–Crippen MR) is 195 cm³/mol. The molecular formula is C44H26N4. The highest BCUT2D eigenvalue weighted by Crippen LogP contribution is 2.44. The molecule has 9 aromatic rings. The Balaban J connectivity index is 1.40. The van der Waals surface area contributed by atoms with Crippen molar-refractivity contribution in [2.45, 2.75) is 0 Å². The molecule has 4 heteroatoms. The normalized spacial score (nSPS) is 11.3. The second-order valence-corrected chi connectivity index (χ2v) is 12.0. The van der Waals surface area contributed by atoms with Crippen molar-refractivity contribution in [1.82, 2.24) is 9.13 Å². The Morgan fingerprint density at radius 3 is 1.56 bits per heavy atom. The summed E-state index contributed by atoms with van der Waals surface area (Å²) in [6, 6.07) is 59.0. The Morgan fingerprint density at radius 2 is 0.917 bits per heavy atom.